The molecule has 0 aliphatic rings. The minimum absolute atomic E-state index is 0.391. The van der Waals surface area contributed by atoms with E-state index in [1.165, 1.54) is 5.56 Å². The molecule has 3 nitrogen and oxygen atoms in total. The Balaban J connectivity index is 2.14. The number of hydrogen-bond donors (Lipinski definition) is 1. The van der Waals surface area contributed by atoms with Gasteiger partial charge in [-0.15, -0.1) is 0 Å². The summed E-state index contributed by atoms with van der Waals surface area (Å²) in [6.07, 6.45) is 0.886. The minimum atomic E-state index is 0.391. The summed E-state index contributed by atoms with van der Waals surface area (Å²) in [5, 5.41) is 0.566. The zero-order valence-electron chi connectivity index (χ0n) is 11.4. The fraction of sp³-hybridized carbons (Fsp3) is 0.250. The first-order valence-electron chi connectivity index (χ1n) is 6.47. The lowest BCUT2D eigenvalue weighted by Crippen LogP contribution is -2.00. The summed E-state index contributed by atoms with van der Waals surface area (Å²) in [7, 11) is 1.70. The largest absolute Gasteiger partial charge is 0.455 e. The standard InChI is InChI=1S/C16H18ClNO2/c1-19-10-9-12-5-7-14(8-6-12)20-16-13(11-18)3-2-4-15(16)17/h2-8H,9-11,18H2,1H3. The van der Waals surface area contributed by atoms with E-state index in [4.69, 9.17) is 26.8 Å². The summed E-state index contributed by atoms with van der Waals surface area (Å²) in [4.78, 5) is 0. The second-order valence-corrected chi connectivity index (χ2v) is 4.83. The number of benzene rings is 2. The van der Waals surface area contributed by atoms with E-state index < -0.39 is 0 Å². The number of hydrogen-bond acceptors (Lipinski definition) is 3. The molecule has 0 aromatic heterocycles. The summed E-state index contributed by atoms with van der Waals surface area (Å²) >= 11 is 6.16. The Morgan fingerprint density at radius 2 is 1.85 bits per heavy atom. The van der Waals surface area contributed by atoms with Crippen LogP contribution in [-0.2, 0) is 17.7 Å². The maximum absolute atomic E-state index is 6.16. The highest BCUT2D eigenvalue weighted by Gasteiger charge is 2.08. The van der Waals surface area contributed by atoms with Gasteiger partial charge in [0, 0.05) is 19.2 Å². The average molecular weight is 292 g/mol. The third-order valence-electron chi connectivity index (χ3n) is 3.01. The van der Waals surface area contributed by atoms with Crippen LogP contribution in [0.3, 0.4) is 0 Å². The van der Waals surface area contributed by atoms with E-state index in [2.05, 4.69) is 0 Å². The van der Waals surface area contributed by atoms with Gasteiger partial charge in [-0.05, 0) is 30.2 Å². The van der Waals surface area contributed by atoms with Crippen molar-refractivity contribution in [3.63, 3.8) is 0 Å². The van der Waals surface area contributed by atoms with Crippen LogP contribution >= 0.6 is 11.6 Å². The maximum atomic E-state index is 6.16. The molecule has 0 spiro atoms. The van der Waals surface area contributed by atoms with Crippen LogP contribution in [0, 0.1) is 0 Å². The number of methoxy groups -OCH3 is 1. The lowest BCUT2D eigenvalue weighted by Gasteiger charge is -2.12. The van der Waals surface area contributed by atoms with E-state index in [1.807, 2.05) is 36.4 Å². The van der Waals surface area contributed by atoms with Gasteiger partial charge in [0.15, 0.2) is 0 Å². The molecular formula is C16H18ClNO2. The topological polar surface area (TPSA) is 44.5 Å². The zero-order chi connectivity index (χ0) is 14.4. The SMILES string of the molecule is COCCc1ccc(Oc2c(Cl)cccc2CN)cc1. The van der Waals surface area contributed by atoms with Crippen LogP contribution in [0.2, 0.25) is 5.02 Å². The third-order valence-corrected chi connectivity index (χ3v) is 3.30. The van der Waals surface area contributed by atoms with Crippen molar-refractivity contribution < 1.29 is 9.47 Å². The number of rotatable bonds is 6. The molecule has 2 aromatic carbocycles. The Labute approximate surface area is 124 Å². The van der Waals surface area contributed by atoms with Crippen molar-refractivity contribution in [2.75, 3.05) is 13.7 Å². The quantitative estimate of drug-likeness (QED) is 0.881. The minimum Gasteiger partial charge on any atom is -0.455 e. The molecule has 20 heavy (non-hydrogen) atoms. The lowest BCUT2D eigenvalue weighted by molar-refractivity contribution is 0.202. The molecular weight excluding hydrogens is 274 g/mol. The van der Waals surface area contributed by atoms with Gasteiger partial charge in [0.1, 0.15) is 11.5 Å². The molecule has 106 valence electrons. The molecule has 0 saturated carbocycles. The van der Waals surface area contributed by atoms with Crippen LogP contribution in [0.25, 0.3) is 0 Å². The molecule has 0 amide bonds. The van der Waals surface area contributed by atoms with Crippen LogP contribution in [0.4, 0.5) is 0 Å². The molecule has 0 aliphatic carbocycles. The van der Waals surface area contributed by atoms with Crippen molar-refractivity contribution in [1.29, 1.82) is 0 Å². The second-order valence-electron chi connectivity index (χ2n) is 4.42. The van der Waals surface area contributed by atoms with Crippen molar-refractivity contribution >= 4 is 11.6 Å². The van der Waals surface area contributed by atoms with Gasteiger partial charge >= 0.3 is 0 Å². The van der Waals surface area contributed by atoms with E-state index in [-0.39, 0.29) is 0 Å². The molecule has 0 bridgehead atoms. The first-order chi connectivity index (χ1) is 9.74. The van der Waals surface area contributed by atoms with Crippen molar-refractivity contribution in [3.05, 3.63) is 58.6 Å². The molecule has 4 heteroatoms. The smallest absolute Gasteiger partial charge is 0.150 e. The van der Waals surface area contributed by atoms with Crippen LogP contribution < -0.4 is 10.5 Å². The van der Waals surface area contributed by atoms with Crippen LogP contribution in [0.5, 0.6) is 11.5 Å². The van der Waals surface area contributed by atoms with Crippen molar-refractivity contribution in [2.45, 2.75) is 13.0 Å². The maximum Gasteiger partial charge on any atom is 0.150 e. The molecule has 2 rings (SSSR count). The summed E-state index contributed by atoms with van der Waals surface area (Å²) in [6.45, 7) is 1.10. The predicted octanol–water partition coefficient (Wildman–Crippen LogP) is 3.78. The Bertz CT molecular complexity index is 555. The third kappa shape index (κ3) is 3.73. The molecule has 0 aliphatic heterocycles. The number of ether oxygens (including phenoxy) is 2. The van der Waals surface area contributed by atoms with Gasteiger partial charge in [-0.1, -0.05) is 35.9 Å². The Morgan fingerprint density at radius 1 is 1.10 bits per heavy atom. The lowest BCUT2D eigenvalue weighted by atomic mass is 10.1. The monoisotopic (exact) mass is 291 g/mol. The van der Waals surface area contributed by atoms with Gasteiger partial charge in [-0.3, -0.25) is 0 Å². The first-order valence-corrected chi connectivity index (χ1v) is 6.85. The normalized spacial score (nSPS) is 10.6. The van der Waals surface area contributed by atoms with Crippen LogP contribution in [0.15, 0.2) is 42.5 Å². The van der Waals surface area contributed by atoms with Gasteiger partial charge in [-0.2, -0.15) is 0 Å². The molecule has 0 radical (unpaired) electrons. The van der Waals surface area contributed by atoms with Gasteiger partial charge in [-0.25, -0.2) is 0 Å². The number of para-hydroxylation sites is 1. The van der Waals surface area contributed by atoms with Crippen LogP contribution in [0.1, 0.15) is 11.1 Å². The van der Waals surface area contributed by atoms with E-state index in [9.17, 15) is 0 Å². The zero-order valence-corrected chi connectivity index (χ0v) is 12.2. The molecule has 2 aromatic rings. The Kier molecular flexibility index (Phi) is 5.41. The highest BCUT2D eigenvalue weighted by Crippen LogP contribution is 2.32. The van der Waals surface area contributed by atoms with E-state index in [0.717, 1.165) is 17.7 Å². The highest BCUT2D eigenvalue weighted by molar-refractivity contribution is 6.32. The fourth-order valence-electron chi connectivity index (χ4n) is 1.89. The molecule has 0 saturated heterocycles. The van der Waals surface area contributed by atoms with Crippen molar-refractivity contribution in [2.24, 2.45) is 5.73 Å². The summed E-state index contributed by atoms with van der Waals surface area (Å²) < 4.78 is 10.9. The number of halogens is 1. The van der Waals surface area contributed by atoms with E-state index in [1.54, 1.807) is 13.2 Å². The first kappa shape index (κ1) is 14.9. The number of nitrogens with two attached hydrogens (primary N) is 1. The van der Waals surface area contributed by atoms with Gasteiger partial charge in [0.25, 0.3) is 0 Å². The average Bonchev–Trinajstić information content (AvgIpc) is 2.48. The molecule has 0 unspecified atom stereocenters. The molecule has 2 N–H and O–H groups in total. The Hall–Kier alpha value is -1.55. The van der Waals surface area contributed by atoms with Crippen molar-refractivity contribution in [1.82, 2.24) is 0 Å². The van der Waals surface area contributed by atoms with Gasteiger partial charge in [0.05, 0.1) is 11.6 Å². The van der Waals surface area contributed by atoms with Gasteiger partial charge in [0.2, 0.25) is 0 Å². The molecule has 0 fully saturated rings. The van der Waals surface area contributed by atoms with E-state index in [0.29, 0.717) is 23.9 Å². The second kappa shape index (κ2) is 7.29. The van der Waals surface area contributed by atoms with Crippen LogP contribution in [-0.4, -0.2) is 13.7 Å². The Morgan fingerprint density at radius 3 is 2.50 bits per heavy atom. The predicted molar refractivity (Wildman–Crippen MR) is 81.4 cm³/mol. The van der Waals surface area contributed by atoms with Gasteiger partial charge < -0.3 is 15.2 Å². The van der Waals surface area contributed by atoms with Crippen molar-refractivity contribution in [3.8, 4) is 11.5 Å². The summed E-state index contributed by atoms with van der Waals surface area (Å²) in [5.41, 5.74) is 7.80. The molecule has 0 atom stereocenters. The summed E-state index contributed by atoms with van der Waals surface area (Å²) in [6, 6.07) is 13.5. The van der Waals surface area contributed by atoms with E-state index >= 15 is 0 Å². The molecule has 0 heterocycles. The highest BCUT2D eigenvalue weighted by atomic mass is 35.5. The fourth-order valence-corrected chi connectivity index (χ4v) is 2.12. The summed E-state index contributed by atoms with van der Waals surface area (Å²) in [5.74, 6) is 1.37.